The van der Waals surface area contributed by atoms with E-state index in [-0.39, 0.29) is 11.8 Å². The largest absolute Gasteiger partial charge is 0.320 e. The van der Waals surface area contributed by atoms with Crippen LogP contribution in [0.15, 0.2) is 0 Å². The van der Waals surface area contributed by atoms with Crippen LogP contribution in [0.3, 0.4) is 0 Å². The lowest BCUT2D eigenvalue weighted by molar-refractivity contribution is -0.142. The average molecular weight is 267 g/mol. The summed E-state index contributed by atoms with van der Waals surface area (Å²) < 4.78 is 0. The molecule has 0 aliphatic carbocycles. The predicted octanol–water partition coefficient (Wildman–Crippen LogP) is 0.457. The maximum absolute atomic E-state index is 12.0. The molecule has 0 spiro atoms. The van der Waals surface area contributed by atoms with Crippen molar-refractivity contribution >= 4 is 11.8 Å². The van der Waals surface area contributed by atoms with Crippen molar-refractivity contribution < 1.29 is 9.59 Å². The van der Waals surface area contributed by atoms with Gasteiger partial charge in [-0.1, -0.05) is 0 Å². The van der Waals surface area contributed by atoms with Gasteiger partial charge in [0.25, 0.3) is 0 Å². The summed E-state index contributed by atoms with van der Waals surface area (Å²) in [5, 5.41) is 3.19. The van der Waals surface area contributed by atoms with Crippen molar-refractivity contribution in [3.8, 4) is 0 Å². The molecule has 2 aliphatic heterocycles. The standard InChI is InChI=1S/C14H25N3O2/c1-15-7-4-12-5-9-16(10-6-12)11-14(19)17-8-2-3-13(17)18/h12,15H,2-11H2,1H3. The minimum absolute atomic E-state index is 0.00354. The molecule has 108 valence electrons. The Morgan fingerprint density at radius 2 is 2.05 bits per heavy atom. The maximum atomic E-state index is 12.0. The fourth-order valence-electron chi connectivity index (χ4n) is 2.97. The summed E-state index contributed by atoms with van der Waals surface area (Å²) in [4.78, 5) is 27.2. The summed E-state index contributed by atoms with van der Waals surface area (Å²) in [6.45, 7) is 4.09. The summed E-state index contributed by atoms with van der Waals surface area (Å²) in [7, 11) is 1.99. The fourth-order valence-corrected chi connectivity index (χ4v) is 2.97. The molecule has 2 amide bonds. The average Bonchev–Trinajstić information content (AvgIpc) is 2.84. The molecule has 2 heterocycles. The topological polar surface area (TPSA) is 52.7 Å². The lowest BCUT2D eigenvalue weighted by Crippen LogP contribution is -2.44. The van der Waals surface area contributed by atoms with Crippen LogP contribution in [0, 0.1) is 5.92 Å². The van der Waals surface area contributed by atoms with Gasteiger partial charge in [0.05, 0.1) is 6.54 Å². The van der Waals surface area contributed by atoms with Crippen molar-refractivity contribution in [2.24, 2.45) is 5.92 Å². The zero-order valence-corrected chi connectivity index (χ0v) is 11.9. The normalized spacial score (nSPS) is 22.2. The van der Waals surface area contributed by atoms with Gasteiger partial charge >= 0.3 is 0 Å². The number of imide groups is 1. The van der Waals surface area contributed by atoms with Gasteiger partial charge in [0.1, 0.15) is 0 Å². The van der Waals surface area contributed by atoms with Crippen molar-refractivity contribution in [3.05, 3.63) is 0 Å². The first-order valence-corrected chi connectivity index (χ1v) is 7.41. The van der Waals surface area contributed by atoms with E-state index in [2.05, 4.69) is 10.2 Å². The Bertz CT molecular complexity index is 325. The molecular weight excluding hydrogens is 242 g/mol. The Hall–Kier alpha value is -0.940. The van der Waals surface area contributed by atoms with E-state index in [1.54, 1.807) is 0 Å². The zero-order chi connectivity index (χ0) is 13.7. The monoisotopic (exact) mass is 267 g/mol. The smallest absolute Gasteiger partial charge is 0.243 e. The number of rotatable bonds is 5. The molecule has 0 atom stereocenters. The highest BCUT2D eigenvalue weighted by atomic mass is 16.2. The highest BCUT2D eigenvalue weighted by Gasteiger charge is 2.28. The van der Waals surface area contributed by atoms with E-state index in [4.69, 9.17) is 0 Å². The van der Waals surface area contributed by atoms with Gasteiger partial charge in [0.15, 0.2) is 0 Å². The SMILES string of the molecule is CNCCC1CCN(CC(=O)N2CCCC2=O)CC1. The van der Waals surface area contributed by atoms with Crippen LogP contribution in [-0.4, -0.2) is 61.4 Å². The number of carbonyl (C=O) groups excluding carboxylic acids is 2. The lowest BCUT2D eigenvalue weighted by atomic mass is 9.93. The number of nitrogens with zero attached hydrogens (tertiary/aromatic N) is 2. The van der Waals surface area contributed by atoms with Crippen LogP contribution < -0.4 is 5.32 Å². The summed E-state index contributed by atoms with van der Waals surface area (Å²) in [6, 6.07) is 0. The van der Waals surface area contributed by atoms with Crippen LogP contribution in [0.25, 0.3) is 0 Å². The molecule has 0 aromatic carbocycles. The second-order valence-corrected chi connectivity index (χ2v) is 5.65. The van der Waals surface area contributed by atoms with Gasteiger partial charge in [0.2, 0.25) is 11.8 Å². The van der Waals surface area contributed by atoms with Crippen LogP contribution in [0.1, 0.15) is 32.1 Å². The molecule has 5 heteroatoms. The number of nitrogens with one attached hydrogen (secondary N) is 1. The molecule has 2 aliphatic rings. The van der Waals surface area contributed by atoms with Gasteiger partial charge in [-0.05, 0) is 58.3 Å². The van der Waals surface area contributed by atoms with E-state index in [0.29, 0.717) is 19.5 Å². The van der Waals surface area contributed by atoms with Crippen molar-refractivity contribution in [3.63, 3.8) is 0 Å². The molecular formula is C14H25N3O2. The first-order valence-electron chi connectivity index (χ1n) is 7.41. The first kappa shape index (κ1) is 14.5. The van der Waals surface area contributed by atoms with Crippen LogP contribution >= 0.6 is 0 Å². The summed E-state index contributed by atoms with van der Waals surface area (Å²) >= 11 is 0. The number of hydrogen-bond donors (Lipinski definition) is 1. The minimum atomic E-state index is -0.00354. The second kappa shape index (κ2) is 7.01. The molecule has 0 aromatic heterocycles. The Balaban J connectivity index is 1.70. The van der Waals surface area contributed by atoms with Crippen molar-refractivity contribution in [1.29, 1.82) is 0 Å². The fraction of sp³-hybridized carbons (Fsp3) is 0.857. The minimum Gasteiger partial charge on any atom is -0.320 e. The number of piperidine rings is 1. The Kier molecular flexibility index (Phi) is 5.34. The van der Waals surface area contributed by atoms with Gasteiger partial charge in [0, 0.05) is 13.0 Å². The van der Waals surface area contributed by atoms with Gasteiger partial charge in [-0.2, -0.15) is 0 Å². The van der Waals surface area contributed by atoms with E-state index in [0.717, 1.165) is 32.0 Å². The lowest BCUT2D eigenvalue weighted by Gasteiger charge is -2.32. The Morgan fingerprint density at radius 3 is 2.63 bits per heavy atom. The van der Waals surface area contributed by atoms with E-state index in [1.165, 1.54) is 24.2 Å². The summed E-state index contributed by atoms with van der Waals surface area (Å²) in [5.74, 6) is 0.789. The van der Waals surface area contributed by atoms with Crippen LogP contribution in [-0.2, 0) is 9.59 Å². The molecule has 0 unspecified atom stereocenters. The molecule has 0 aromatic rings. The molecule has 2 saturated heterocycles. The van der Waals surface area contributed by atoms with Crippen molar-refractivity contribution in [2.45, 2.75) is 32.1 Å². The van der Waals surface area contributed by atoms with E-state index in [9.17, 15) is 9.59 Å². The van der Waals surface area contributed by atoms with Crippen LogP contribution in [0.5, 0.6) is 0 Å². The highest BCUT2D eigenvalue weighted by molar-refractivity contribution is 5.97. The first-order chi connectivity index (χ1) is 9.20. The number of amides is 2. The summed E-state index contributed by atoms with van der Waals surface area (Å²) in [5.41, 5.74) is 0. The molecule has 0 bridgehead atoms. The third-order valence-electron chi connectivity index (χ3n) is 4.24. The van der Waals surface area contributed by atoms with Crippen LogP contribution in [0.2, 0.25) is 0 Å². The van der Waals surface area contributed by atoms with Gasteiger partial charge < -0.3 is 5.32 Å². The molecule has 19 heavy (non-hydrogen) atoms. The third kappa shape index (κ3) is 4.01. The van der Waals surface area contributed by atoms with Gasteiger partial charge in [-0.15, -0.1) is 0 Å². The van der Waals surface area contributed by atoms with Gasteiger partial charge in [-0.25, -0.2) is 0 Å². The van der Waals surface area contributed by atoms with E-state index >= 15 is 0 Å². The highest BCUT2D eigenvalue weighted by Crippen LogP contribution is 2.20. The van der Waals surface area contributed by atoms with E-state index in [1.807, 2.05) is 7.05 Å². The Labute approximate surface area is 115 Å². The van der Waals surface area contributed by atoms with Gasteiger partial charge in [-0.3, -0.25) is 19.4 Å². The summed E-state index contributed by atoms with van der Waals surface area (Å²) in [6.07, 6.45) is 4.93. The van der Waals surface area contributed by atoms with E-state index < -0.39 is 0 Å². The van der Waals surface area contributed by atoms with Crippen LogP contribution in [0.4, 0.5) is 0 Å². The second-order valence-electron chi connectivity index (χ2n) is 5.65. The molecule has 1 N–H and O–H groups in total. The molecule has 2 fully saturated rings. The maximum Gasteiger partial charge on any atom is 0.243 e. The zero-order valence-electron chi connectivity index (χ0n) is 11.9. The number of likely N-dealkylation sites (tertiary alicyclic amines) is 2. The molecule has 5 nitrogen and oxygen atoms in total. The molecule has 0 saturated carbocycles. The number of hydrogen-bond acceptors (Lipinski definition) is 4. The predicted molar refractivity (Wildman–Crippen MR) is 73.7 cm³/mol. The van der Waals surface area contributed by atoms with Crippen molar-refractivity contribution in [2.75, 3.05) is 39.8 Å². The Morgan fingerprint density at radius 1 is 1.32 bits per heavy atom. The third-order valence-corrected chi connectivity index (χ3v) is 4.24. The molecule has 0 radical (unpaired) electrons. The molecule has 2 rings (SSSR count). The number of carbonyl (C=O) groups is 2. The quantitative estimate of drug-likeness (QED) is 0.786. The van der Waals surface area contributed by atoms with Crippen molar-refractivity contribution in [1.82, 2.24) is 15.1 Å².